The number of rotatable bonds is 2. The van der Waals surface area contributed by atoms with Gasteiger partial charge in [-0.1, -0.05) is 13.8 Å². The van der Waals surface area contributed by atoms with Crippen LogP contribution in [0.4, 0.5) is 0 Å². The van der Waals surface area contributed by atoms with E-state index in [9.17, 15) is 9.90 Å². The van der Waals surface area contributed by atoms with E-state index in [2.05, 4.69) is 11.9 Å². The van der Waals surface area contributed by atoms with Crippen LogP contribution < -0.4 is 0 Å². The largest absolute Gasteiger partial charge is 0.460 e. The molecule has 2 bridgehead atoms. The zero-order chi connectivity index (χ0) is 11.9. The Kier molecular flexibility index (Phi) is 3.22. The molecule has 2 aliphatic rings. The van der Waals surface area contributed by atoms with Gasteiger partial charge < -0.3 is 9.84 Å². The van der Waals surface area contributed by atoms with Crippen LogP contribution in [-0.4, -0.2) is 47.3 Å². The molecule has 0 saturated carbocycles. The van der Waals surface area contributed by atoms with Crippen LogP contribution in [0.5, 0.6) is 0 Å². The average molecular weight is 227 g/mol. The number of aliphatic hydroxyl groups is 1. The number of ether oxygens (including phenoxy) is 1. The summed E-state index contributed by atoms with van der Waals surface area (Å²) in [5.41, 5.74) is 0. The van der Waals surface area contributed by atoms with Gasteiger partial charge in [0.05, 0.1) is 12.0 Å². The summed E-state index contributed by atoms with van der Waals surface area (Å²) in [7, 11) is 2.06. The van der Waals surface area contributed by atoms with Crippen molar-refractivity contribution in [1.82, 2.24) is 4.90 Å². The lowest BCUT2D eigenvalue weighted by Gasteiger charge is -2.34. The molecule has 0 spiro atoms. The highest BCUT2D eigenvalue weighted by Gasteiger charge is 2.46. The molecular weight excluding hydrogens is 206 g/mol. The van der Waals surface area contributed by atoms with Crippen molar-refractivity contribution in [3.63, 3.8) is 0 Å². The Morgan fingerprint density at radius 2 is 2.06 bits per heavy atom. The molecule has 0 aromatic carbocycles. The van der Waals surface area contributed by atoms with Gasteiger partial charge in [0.1, 0.15) is 6.10 Å². The monoisotopic (exact) mass is 227 g/mol. The number of piperidine rings is 1. The minimum absolute atomic E-state index is 0.0259. The normalized spacial score (nSPS) is 39.1. The number of aliphatic hydroxyl groups excluding tert-OH is 1. The second kappa shape index (κ2) is 4.34. The predicted molar refractivity (Wildman–Crippen MR) is 59.9 cm³/mol. The highest BCUT2D eigenvalue weighted by molar-refractivity contribution is 5.71. The van der Waals surface area contributed by atoms with E-state index in [-0.39, 0.29) is 30.1 Å². The van der Waals surface area contributed by atoms with Crippen molar-refractivity contribution in [2.45, 2.75) is 57.4 Å². The molecule has 0 amide bonds. The summed E-state index contributed by atoms with van der Waals surface area (Å²) in [5, 5.41) is 9.70. The van der Waals surface area contributed by atoms with Crippen LogP contribution in [0.15, 0.2) is 0 Å². The molecule has 4 unspecified atom stereocenters. The van der Waals surface area contributed by atoms with E-state index in [4.69, 9.17) is 4.74 Å². The van der Waals surface area contributed by atoms with Gasteiger partial charge in [-0.15, -0.1) is 0 Å². The van der Waals surface area contributed by atoms with Gasteiger partial charge in [-0.2, -0.15) is 0 Å². The number of hydrogen-bond acceptors (Lipinski definition) is 4. The molecule has 0 aromatic rings. The van der Waals surface area contributed by atoms with E-state index < -0.39 is 0 Å². The summed E-state index contributed by atoms with van der Waals surface area (Å²) < 4.78 is 5.51. The van der Waals surface area contributed by atoms with Crippen molar-refractivity contribution in [2.75, 3.05) is 7.05 Å². The molecule has 0 radical (unpaired) electrons. The standard InChI is InChI=1S/C12H21NO3/c1-7(2)12(15)16-11-5-8-4-9(14)6-10(11)13(8)3/h7-11,14H,4-6H2,1-3H3. The number of hydrogen-bond donors (Lipinski definition) is 1. The second-order valence-electron chi connectivity index (χ2n) is 5.38. The van der Waals surface area contributed by atoms with Gasteiger partial charge in [-0.3, -0.25) is 9.69 Å². The van der Waals surface area contributed by atoms with Gasteiger partial charge >= 0.3 is 5.97 Å². The van der Waals surface area contributed by atoms with E-state index in [0.717, 1.165) is 19.3 Å². The van der Waals surface area contributed by atoms with Crippen molar-refractivity contribution in [1.29, 1.82) is 0 Å². The van der Waals surface area contributed by atoms with Crippen LogP contribution >= 0.6 is 0 Å². The molecule has 2 fully saturated rings. The Balaban J connectivity index is 2.00. The number of fused-ring (bicyclic) bond motifs is 2. The maximum absolute atomic E-state index is 11.6. The van der Waals surface area contributed by atoms with Crippen LogP contribution in [0.1, 0.15) is 33.1 Å². The summed E-state index contributed by atoms with van der Waals surface area (Å²) in [6.07, 6.45) is 2.15. The van der Waals surface area contributed by atoms with Gasteiger partial charge in [-0.05, 0) is 19.9 Å². The van der Waals surface area contributed by atoms with Crippen LogP contribution in [-0.2, 0) is 9.53 Å². The molecule has 92 valence electrons. The molecule has 2 saturated heterocycles. The predicted octanol–water partition coefficient (Wildman–Crippen LogP) is 0.782. The maximum Gasteiger partial charge on any atom is 0.308 e. The van der Waals surface area contributed by atoms with E-state index in [1.165, 1.54) is 0 Å². The van der Waals surface area contributed by atoms with E-state index in [1.807, 2.05) is 13.8 Å². The van der Waals surface area contributed by atoms with Crippen LogP contribution in [0.2, 0.25) is 0 Å². The van der Waals surface area contributed by atoms with Crippen molar-refractivity contribution >= 4 is 5.97 Å². The molecule has 0 aliphatic carbocycles. The van der Waals surface area contributed by atoms with Crippen molar-refractivity contribution < 1.29 is 14.6 Å². The fourth-order valence-electron chi connectivity index (χ4n) is 2.81. The summed E-state index contributed by atoms with van der Waals surface area (Å²) >= 11 is 0. The lowest BCUT2D eigenvalue weighted by molar-refractivity contribution is -0.154. The van der Waals surface area contributed by atoms with E-state index in [1.54, 1.807) is 0 Å². The molecule has 4 heteroatoms. The zero-order valence-electron chi connectivity index (χ0n) is 10.2. The number of esters is 1. The number of likely N-dealkylation sites (N-methyl/N-ethyl adjacent to an activating group) is 1. The van der Waals surface area contributed by atoms with E-state index in [0.29, 0.717) is 6.04 Å². The molecule has 0 aromatic heterocycles. The van der Waals surface area contributed by atoms with Gasteiger partial charge in [0, 0.05) is 18.5 Å². The molecule has 1 N–H and O–H groups in total. The Morgan fingerprint density at radius 3 is 2.69 bits per heavy atom. The molecule has 16 heavy (non-hydrogen) atoms. The summed E-state index contributed by atoms with van der Waals surface area (Å²) in [4.78, 5) is 13.8. The first-order valence-corrected chi connectivity index (χ1v) is 6.09. The Bertz CT molecular complexity index is 279. The number of nitrogens with zero attached hydrogens (tertiary/aromatic N) is 1. The smallest absolute Gasteiger partial charge is 0.308 e. The quantitative estimate of drug-likeness (QED) is 0.708. The summed E-state index contributed by atoms with van der Waals surface area (Å²) in [5.74, 6) is -0.198. The maximum atomic E-state index is 11.6. The van der Waals surface area contributed by atoms with Gasteiger partial charge in [0.2, 0.25) is 0 Å². The first-order valence-electron chi connectivity index (χ1n) is 6.09. The first-order chi connectivity index (χ1) is 7.49. The lowest BCUT2D eigenvalue weighted by atomic mass is 10.0. The second-order valence-corrected chi connectivity index (χ2v) is 5.38. The topological polar surface area (TPSA) is 49.8 Å². The number of carbonyl (C=O) groups is 1. The molecule has 4 nitrogen and oxygen atoms in total. The molecule has 4 atom stereocenters. The van der Waals surface area contributed by atoms with Crippen molar-refractivity contribution in [3.05, 3.63) is 0 Å². The molecule has 2 aliphatic heterocycles. The molecule has 2 rings (SSSR count). The Hall–Kier alpha value is -0.610. The Morgan fingerprint density at radius 1 is 1.38 bits per heavy atom. The Labute approximate surface area is 96.6 Å². The highest BCUT2D eigenvalue weighted by atomic mass is 16.5. The highest BCUT2D eigenvalue weighted by Crippen LogP contribution is 2.36. The van der Waals surface area contributed by atoms with Gasteiger partial charge in [-0.25, -0.2) is 0 Å². The van der Waals surface area contributed by atoms with Crippen LogP contribution in [0, 0.1) is 5.92 Å². The SMILES string of the molecule is CC(C)C(=O)OC1CC2CC(O)CC1N2C. The summed E-state index contributed by atoms with van der Waals surface area (Å²) in [6, 6.07) is 0.579. The van der Waals surface area contributed by atoms with Crippen molar-refractivity contribution in [2.24, 2.45) is 5.92 Å². The summed E-state index contributed by atoms with van der Waals surface area (Å²) in [6.45, 7) is 3.70. The lowest BCUT2D eigenvalue weighted by Crippen LogP contribution is -2.44. The first kappa shape index (κ1) is 11.9. The van der Waals surface area contributed by atoms with Crippen LogP contribution in [0.25, 0.3) is 0 Å². The van der Waals surface area contributed by atoms with Crippen LogP contribution in [0.3, 0.4) is 0 Å². The third-order valence-corrected chi connectivity index (χ3v) is 3.83. The molecular formula is C12H21NO3. The van der Waals surface area contributed by atoms with Crippen molar-refractivity contribution in [3.8, 4) is 0 Å². The minimum atomic E-state index is -0.228. The number of carbonyl (C=O) groups excluding carboxylic acids is 1. The zero-order valence-corrected chi connectivity index (χ0v) is 10.2. The van der Waals surface area contributed by atoms with E-state index >= 15 is 0 Å². The average Bonchev–Trinajstić information content (AvgIpc) is 2.40. The fraction of sp³-hybridized carbons (Fsp3) is 0.917. The minimum Gasteiger partial charge on any atom is -0.460 e. The third-order valence-electron chi connectivity index (χ3n) is 3.83. The fourth-order valence-corrected chi connectivity index (χ4v) is 2.81. The third kappa shape index (κ3) is 2.09. The molecule has 2 heterocycles. The van der Waals surface area contributed by atoms with Gasteiger partial charge in [0.25, 0.3) is 0 Å². The van der Waals surface area contributed by atoms with Gasteiger partial charge in [0.15, 0.2) is 0 Å².